The highest BCUT2D eigenvalue weighted by Crippen LogP contribution is 2.40. The van der Waals surface area contributed by atoms with Crippen LogP contribution in [0.5, 0.6) is 0 Å². The molecule has 0 bridgehead atoms. The summed E-state index contributed by atoms with van der Waals surface area (Å²) in [4.78, 5) is 31.5. The van der Waals surface area contributed by atoms with Crippen LogP contribution in [-0.2, 0) is 16.0 Å². The van der Waals surface area contributed by atoms with E-state index < -0.39 is 17.8 Å². The van der Waals surface area contributed by atoms with Crippen molar-refractivity contribution in [1.29, 1.82) is 0 Å². The summed E-state index contributed by atoms with van der Waals surface area (Å²) in [5, 5.41) is 6.75. The minimum atomic E-state index is -0.630. The third-order valence-electron chi connectivity index (χ3n) is 5.18. The molecule has 1 N–H and O–H groups in total. The molecule has 2 amide bonds. The molecule has 7 nitrogen and oxygen atoms in total. The molecule has 1 fully saturated rings. The van der Waals surface area contributed by atoms with Crippen LogP contribution in [0, 0.1) is 11.7 Å². The first-order valence-corrected chi connectivity index (χ1v) is 10.4. The van der Waals surface area contributed by atoms with Gasteiger partial charge in [0.05, 0.1) is 17.0 Å². The number of hydrogen-bond donors (Lipinski definition) is 1. The Morgan fingerprint density at radius 1 is 1.37 bits per heavy atom. The molecular formula is C21H26ClFN4O3. The monoisotopic (exact) mass is 436 g/mol. The maximum absolute atomic E-state index is 14.1. The third-order valence-corrected chi connectivity index (χ3v) is 5.49. The Balaban J connectivity index is 1.73. The quantitative estimate of drug-likeness (QED) is 0.715. The summed E-state index contributed by atoms with van der Waals surface area (Å²) in [6.07, 6.45) is 0.456. The zero-order chi connectivity index (χ0) is 22.0. The van der Waals surface area contributed by atoms with Gasteiger partial charge >= 0.3 is 0 Å². The molecule has 0 aliphatic carbocycles. The van der Waals surface area contributed by atoms with Crippen LogP contribution in [0.1, 0.15) is 63.4 Å². The van der Waals surface area contributed by atoms with Crippen LogP contribution < -0.4 is 5.32 Å². The summed E-state index contributed by atoms with van der Waals surface area (Å²) in [6.45, 7) is 7.98. The topological polar surface area (TPSA) is 88.3 Å². The number of halogens is 2. The zero-order valence-electron chi connectivity index (χ0n) is 17.5. The second-order valence-corrected chi connectivity index (χ2v) is 8.47. The van der Waals surface area contributed by atoms with Crippen molar-refractivity contribution in [3.8, 4) is 0 Å². The molecule has 3 rings (SSSR count). The molecule has 1 saturated heterocycles. The van der Waals surface area contributed by atoms with E-state index in [1.54, 1.807) is 11.0 Å². The van der Waals surface area contributed by atoms with Crippen molar-refractivity contribution in [3.63, 3.8) is 0 Å². The van der Waals surface area contributed by atoms with Crippen molar-refractivity contribution >= 4 is 23.4 Å². The lowest BCUT2D eigenvalue weighted by molar-refractivity contribution is -0.130. The smallest absolute Gasteiger partial charge is 0.228 e. The first kappa shape index (κ1) is 22.2. The summed E-state index contributed by atoms with van der Waals surface area (Å²) >= 11 is 5.81. The van der Waals surface area contributed by atoms with Gasteiger partial charge in [-0.25, -0.2) is 4.39 Å². The van der Waals surface area contributed by atoms with E-state index >= 15 is 0 Å². The Bertz CT molecular complexity index is 931. The van der Waals surface area contributed by atoms with Gasteiger partial charge < -0.3 is 14.7 Å². The van der Waals surface area contributed by atoms with Gasteiger partial charge in [0.1, 0.15) is 5.82 Å². The van der Waals surface area contributed by atoms with Crippen molar-refractivity contribution < 1.29 is 18.5 Å². The largest absolute Gasteiger partial charge is 0.355 e. The molecule has 0 saturated carbocycles. The molecule has 30 heavy (non-hydrogen) atoms. The summed E-state index contributed by atoms with van der Waals surface area (Å²) in [5.41, 5.74) is 0.551. The van der Waals surface area contributed by atoms with Gasteiger partial charge in [-0.1, -0.05) is 36.7 Å². The van der Waals surface area contributed by atoms with E-state index in [-0.39, 0.29) is 35.2 Å². The highest BCUT2D eigenvalue weighted by atomic mass is 35.5. The lowest BCUT2D eigenvalue weighted by atomic mass is 9.92. The van der Waals surface area contributed by atoms with Gasteiger partial charge in [0.15, 0.2) is 5.82 Å². The molecule has 1 aromatic carbocycles. The van der Waals surface area contributed by atoms with Gasteiger partial charge in [-0.15, -0.1) is 0 Å². The zero-order valence-corrected chi connectivity index (χ0v) is 18.2. The highest BCUT2D eigenvalue weighted by molar-refractivity contribution is 6.30. The Labute approximate surface area is 180 Å². The maximum Gasteiger partial charge on any atom is 0.228 e. The number of benzene rings is 1. The highest BCUT2D eigenvalue weighted by Gasteiger charge is 2.45. The molecule has 0 spiro atoms. The normalized spacial score (nSPS) is 19.2. The summed E-state index contributed by atoms with van der Waals surface area (Å²) in [7, 11) is 0. The lowest BCUT2D eigenvalue weighted by Gasteiger charge is -2.31. The summed E-state index contributed by atoms with van der Waals surface area (Å²) < 4.78 is 19.3. The molecule has 162 valence electrons. The lowest BCUT2D eigenvalue weighted by Crippen LogP contribution is -2.39. The fraction of sp³-hybridized carbons (Fsp3) is 0.524. The number of rotatable bonds is 7. The predicted molar refractivity (Wildman–Crippen MR) is 109 cm³/mol. The summed E-state index contributed by atoms with van der Waals surface area (Å²) in [6, 6.07) is 3.72. The SMILES string of the molecule is CC(C)c1noc(CCNC(=O)[C@@H]2CC(=O)N(C(C)C)[C@@H]2c2ccc(Cl)c(F)c2)n1. The van der Waals surface area contributed by atoms with E-state index in [2.05, 4.69) is 15.5 Å². The number of amides is 2. The van der Waals surface area contributed by atoms with Gasteiger partial charge in [-0.3, -0.25) is 9.59 Å². The molecule has 0 unspecified atom stereocenters. The fourth-order valence-corrected chi connectivity index (χ4v) is 3.83. The molecule has 1 aliphatic rings. The molecule has 9 heteroatoms. The van der Waals surface area contributed by atoms with Crippen LogP contribution in [0.4, 0.5) is 4.39 Å². The van der Waals surface area contributed by atoms with E-state index in [1.807, 2.05) is 27.7 Å². The number of likely N-dealkylation sites (tertiary alicyclic amines) is 1. The Morgan fingerprint density at radius 2 is 2.10 bits per heavy atom. The fourth-order valence-electron chi connectivity index (χ4n) is 3.72. The average molecular weight is 437 g/mol. The van der Waals surface area contributed by atoms with E-state index in [0.717, 1.165) is 0 Å². The molecule has 2 aromatic rings. The molecule has 2 atom stereocenters. The third kappa shape index (κ3) is 4.64. The van der Waals surface area contributed by atoms with E-state index in [0.29, 0.717) is 30.2 Å². The number of aromatic nitrogens is 2. The van der Waals surface area contributed by atoms with Gasteiger partial charge in [0, 0.05) is 31.3 Å². The van der Waals surface area contributed by atoms with Crippen molar-refractivity contribution in [2.45, 2.75) is 58.5 Å². The number of hydrogen-bond acceptors (Lipinski definition) is 5. The van der Waals surface area contributed by atoms with E-state index in [1.165, 1.54) is 12.1 Å². The van der Waals surface area contributed by atoms with Crippen molar-refractivity contribution in [2.24, 2.45) is 5.92 Å². The van der Waals surface area contributed by atoms with Crippen molar-refractivity contribution in [3.05, 3.63) is 46.3 Å². The van der Waals surface area contributed by atoms with Crippen molar-refractivity contribution in [1.82, 2.24) is 20.4 Å². The van der Waals surface area contributed by atoms with Gasteiger partial charge in [0.2, 0.25) is 17.7 Å². The Morgan fingerprint density at radius 3 is 2.70 bits per heavy atom. The van der Waals surface area contributed by atoms with Gasteiger partial charge in [-0.2, -0.15) is 4.98 Å². The molecule has 2 heterocycles. The summed E-state index contributed by atoms with van der Waals surface area (Å²) in [5.74, 6) is -0.386. The molecule has 1 aromatic heterocycles. The predicted octanol–water partition coefficient (Wildman–Crippen LogP) is 3.64. The number of nitrogens with zero attached hydrogens (tertiary/aromatic N) is 3. The minimum absolute atomic E-state index is 0.000459. The van der Waals surface area contributed by atoms with E-state index in [9.17, 15) is 14.0 Å². The maximum atomic E-state index is 14.1. The Hall–Kier alpha value is -2.48. The Kier molecular flexibility index (Phi) is 6.75. The molecule has 0 radical (unpaired) electrons. The molecule has 1 aliphatic heterocycles. The number of carbonyl (C=O) groups is 2. The van der Waals surface area contributed by atoms with Crippen LogP contribution in [0.15, 0.2) is 22.7 Å². The standard InChI is InChI=1S/C21H26ClFN4O3/c1-11(2)20-25-17(30-26-20)7-8-24-21(29)14-10-18(28)27(12(3)4)19(14)13-5-6-15(22)16(23)9-13/h5-6,9,11-12,14,19H,7-8,10H2,1-4H3,(H,24,29)/t14-,19-/m1/s1. The van der Waals surface area contributed by atoms with Crippen LogP contribution in [0.3, 0.4) is 0 Å². The van der Waals surface area contributed by atoms with Crippen LogP contribution in [-0.4, -0.2) is 39.4 Å². The van der Waals surface area contributed by atoms with E-state index in [4.69, 9.17) is 16.1 Å². The first-order chi connectivity index (χ1) is 14.2. The number of nitrogens with one attached hydrogen (secondary N) is 1. The van der Waals surface area contributed by atoms with Crippen molar-refractivity contribution in [2.75, 3.05) is 6.54 Å². The van der Waals surface area contributed by atoms with Gasteiger partial charge in [0.25, 0.3) is 0 Å². The van der Waals surface area contributed by atoms with Crippen LogP contribution in [0.2, 0.25) is 5.02 Å². The minimum Gasteiger partial charge on any atom is -0.355 e. The molecular weight excluding hydrogens is 411 g/mol. The average Bonchev–Trinajstić information content (AvgIpc) is 3.28. The van der Waals surface area contributed by atoms with Crippen LogP contribution in [0.25, 0.3) is 0 Å². The number of carbonyl (C=O) groups excluding carboxylic acids is 2. The second kappa shape index (κ2) is 9.12. The van der Waals surface area contributed by atoms with Gasteiger partial charge in [-0.05, 0) is 31.5 Å². The first-order valence-electron chi connectivity index (χ1n) is 10.0. The second-order valence-electron chi connectivity index (χ2n) is 8.07. The van der Waals surface area contributed by atoms with Crippen LogP contribution >= 0.6 is 11.6 Å².